The minimum absolute atomic E-state index is 0.736. The molecule has 3 aromatic rings. The highest BCUT2D eigenvalue weighted by Crippen LogP contribution is 2.10. The summed E-state index contributed by atoms with van der Waals surface area (Å²) in [7, 11) is 0. The number of piperazine rings is 1. The summed E-state index contributed by atoms with van der Waals surface area (Å²) in [5, 5.41) is 4.50. The van der Waals surface area contributed by atoms with E-state index >= 15 is 0 Å². The van der Waals surface area contributed by atoms with Crippen LogP contribution in [-0.4, -0.2) is 56.9 Å². The lowest BCUT2D eigenvalue weighted by Gasteiger charge is -2.33. The first-order valence-electron chi connectivity index (χ1n) is 9.66. The molecular weight excluding hydrogens is 366 g/mol. The maximum Gasteiger partial charge on any atom is 0.203 e. The second-order valence-corrected chi connectivity index (χ2v) is 7.36. The van der Waals surface area contributed by atoms with Crippen LogP contribution in [0.2, 0.25) is 0 Å². The molecule has 0 N–H and O–H groups in total. The van der Waals surface area contributed by atoms with E-state index in [1.54, 1.807) is 0 Å². The van der Waals surface area contributed by atoms with Gasteiger partial charge in [0.1, 0.15) is 6.33 Å². The van der Waals surface area contributed by atoms with Gasteiger partial charge in [0.05, 0.1) is 6.67 Å². The van der Waals surface area contributed by atoms with Crippen LogP contribution in [0, 0.1) is 4.77 Å². The highest BCUT2D eigenvalue weighted by Gasteiger charge is 2.17. The van der Waals surface area contributed by atoms with Crippen LogP contribution in [0.25, 0.3) is 11.8 Å². The Morgan fingerprint density at radius 3 is 2.21 bits per heavy atom. The fourth-order valence-electron chi connectivity index (χ4n) is 3.40. The Bertz CT molecular complexity index is 953. The molecular formula is C22H25N5S. The molecule has 5 nitrogen and oxygen atoms in total. The Kier molecular flexibility index (Phi) is 6.11. The van der Waals surface area contributed by atoms with Crippen LogP contribution in [0.15, 0.2) is 73.1 Å². The maximum atomic E-state index is 5.62. The zero-order valence-corrected chi connectivity index (χ0v) is 16.7. The van der Waals surface area contributed by atoms with Crippen LogP contribution in [0.5, 0.6) is 0 Å². The average Bonchev–Trinajstić information content (AvgIpc) is 3.11. The molecule has 0 unspecified atom stereocenters. The zero-order valence-electron chi connectivity index (χ0n) is 15.9. The summed E-state index contributed by atoms with van der Waals surface area (Å²) in [6.45, 7) is 5.91. The van der Waals surface area contributed by atoms with Gasteiger partial charge in [0.25, 0.3) is 0 Å². The van der Waals surface area contributed by atoms with Gasteiger partial charge in [0.2, 0.25) is 4.77 Å². The van der Waals surface area contributed by atoms with Crippen LogP contribution in [-0.2, 0) is 6.67 Å². The summed E-state index contributed by atoms with van der Waals surface area (Å²) < 4.78 is 4.60. The molecule has 0 amide bonds. The van der Waals surface area contributed by atoms with Gasteiger partial charge in [-0.2, -0.15) is 5.10 Å². The van der Waals surface area contributed by atoms with Crippen molar-refractivity contribution in [1.29, 1.82) is 0 Å². The van der Waals surface area contributed by atoms with E-state index in [2.05, 4.69) is 51.3 Å². The van der Waals surface area contributed by atoms with Gasteiger partial charge >= 0.3 is 0 Å². The largest absolute Gasteiger partial charge is 0.297 e. The lowest BCUT2D eigenvalue weighted by Crippen LogP contribution is -2.46. The van der Waals surface area contributed by atoms with Gasteiger partial charge in [-0.3, -0.25) is 14.4 Å². The lowest BCUT2D eigenvalue weighted by atomic mass is 10.2. The van der Waals surface area contributed by atoms with E-state index in [1.165, 1.54) is 5.56 Å². The van der Waals surface area contributed by atoms with Crippen molar-refractivity contribution in [1.82, 2.24) is 24.1 Å². The molecule has 0 bridgehead atoms. The first kappa shape index (κ1) is 18.8. The van der Waals surface area contributed by atoms with Crippen LogP contribution < -0.4 is 0 Å². The fraction of sp³-hybridized carbons (Fsp3) is 0.273. The lowest BCUT2D eigenvalue weighted by molar-refractivity contribution is 0.110. The molecule has 0 radical (unpaired) electrons. The number of hydrogen-bond donors (Lipinski definition) is 0. The molecule has 144 valence electrons. The van der Waals surface area contributed by atoms with Crippen LogP contribution >= 0.6 is 12.2 Å². The molecule has 2 aromatic carbocycles. The predicted molar refractivity (Wildman–Crippen MR) is 116 cm³/mol. The molecule has 28 heavy (non-hydrogen) atoms. The SMILES string of the molecule is S=c1n(-c2ccccc2)cnn1CN1CCN(C/C=C/c2ccccc2)CC1. The minimum atomic E-state index is 0.736. The van der Waals surface area contributed by atoms with Crippen molar-refractivity contribution >= 4 is 18.3 Å². The van der Waals surface area contributed by atoms with Crippen molar-refractivity contribution in [3.05, 3.63) is 83.4 Å². The Balaban J connectivity index is 1.29. The Hall–Kier alpha value is -2.54. The summed E-state index contributed by atoms with van der Waals surface area (Å²) in [5.74, 6) is 0. The second-order valence-electron chi connectivity index (χ2n) is 6.99. The molecule has 6 heteroatoms. The molecule has 0 spiro atoms. The van der Waals surface area contributed by atoms with Gasteiger partial charge < -0.3 is 0 Å². The third-order valence-corrected chi connectivity index (χ3v) is 5.45. The van der Waals surface area contributed by atoms with E-state index in [-0.39, 0.29) is 0 Å². The molecule has 2 heterocycles. The highest BCUT2D eigenvalue weighted by atomic mass is 32.1. The maximum absolute atomic E-state index is 5.62. The van der Waals surface area contributed by atoms with E-state index in [9.17, 15) is 0 Å². The molecule has 1 fully saturated rings. The Morgan fingerprint density at radius 2 is 1.50 bits per heavy atom. The first-order chi connectivity index (χ1) is 13.8. The average molecular weight is 392 g/mol. The number of rotatable bonds is 6. The van der Waals surface area contributed by atoms with Crippen LogP contribution in [0.1, 0.15) is 5.56 Å². The summed E-state index contributed by atoms with van der Waals surface area (Å²) in [6.07, 6.45) is 6.26. The van der Waals surface area contributed by atoms with Gasteiger partial charge in [-0.25, -0.2) is 4.68 Å². The molecule has 1 aliphatic heterocycles. The minimum Gasteiger partial charge on any atom is -0.297 e. The van der Waals surface area contributed by atoms with Gasteiger partial charge in [0, 0.05) is 38.4 Å². The van der Waals surface area contributed by atoms with E-state index in [0.717, 1.165) is 49.9 Å². The zero-order chi connectivity index (χ0) is 19.2. The van der Waals surface area contributed by atoms with Crippen molar-refractivity contribution in [2.24, 2.45) is 0 Å². The van der Waals surface area contributed by atoms with E-state index in [1.807, 2.05) is 52.0 Å². The number of hydrogen-bond acceptors (Lipinski definition) is 4. The van der Waals surface area contributed by atoms with E-state index < -0.39 is 0 Å². The number of para-hydroxylation sites is 1. The smallest absolute Gasteiger partial charge is 0.203 e. The molecule has 0 atom stereocenters. The third kappa shape index (κ3) is 4.65. The van der Waals surface area contributed by atoms with Crippen molar-refractivity contribution < 1.29 is 0 Å². The molecule has 1 saturated heterocycles. The van der Waals surface area contributed by atoms with Crippen molar-refractivity contribution in [3.63, 3.8) is 0 Å². The third-order valence-electron chi connectivity index (χ3n) is 5.04. The van der Waals surface area contributed by atoms with Crippen molar-refractivity contribution in [3.8, 4) is 5.69 Å². The Labute approximate surface area is 171 Å². The van der Waals surface area contributed by atoms with Gasteiger partial charge in [-0.1, -0.05) is 60.7 Å². The van der Waals surface area contributed by atoms with E-state index in [0.29, 0.717) is 0 Å². The number of aromatic nitrogens is 3. The second kappa shape index (κ2) is 9.10. The topological polar surface area (TPSA) is 29.2 Å². The number of nitrogens with zero attached hydrogens (tertiary/aromatic N) is 5. The molecule has 1 aliphatic rings. The highest BCUT2D eigenvalue weighted by molar-refractivity contribution is 7.71. The van der Waals surface area contributed by atoms with Crippen molar-refractivity contribution in [2.45, 2.75) is 6.67 Å². The fourth-order valence-corrected chi connectivity index (χ4v) is 3.66. The summed E-state index contributed by atoms with van der Waals surface area (Å²) in [6, 6.07) is 20.6. The summed E-state index contributed by atoms with van der Waals surface area (Å²) >= 11 is 5.62. The van der Waals surface area contributed by atoms with Crippen LogP contribution in [0.3, 0.4) is 0 Å². The van der Waals surface area contributed by atoms with Crippen molar-refractivity contribution in [2.75, 3.05) is 32.7 Å². The Morgan fingerprint density at radius 1 is 0.857 bits per heavy atom. The quantitative estimate of drug-likeness (QED) is 0.600. The van der Waals surface area contributed by atoms with Gasteiger partial charge in [-0.05, 0) is 29.9 Å². The summed E-state index contributed by atoms with van der Waals surface area (Å²) in [5.41, 5.74) is 2.30. The van der Waals surface area contributed by atoms with Gasteiger partial charge in [0.15, 0.2) is 0 Å². The summed E-state index contributed by atoms with van der Waals surface area (Å²) in [4.78, 5) is 4.90. The molecule has 0 aliphatic carbocycles. The standard InChI is InChI=1S/C22H25N5S/c28-22-26(21-11-5-2-6-12-21)18-23-27(22)19-25-16-14-24(15-17-25)13-7-10-20-8-3-1-4-9-20/h1-12,18H,13-17,19H2/b10-7+. The van der Waals surface area contributed by atoms with E-state index in [4.69, 9.17) is 12.2 Å². The first-order valence-corrected chi connectivity index (χ1v) is 10.1. The number of benzene rings is 2. The molecule has 1 aromatic heterocycles. The predicted octanol–water partition coefficient (Wildman–Crippen LogP) is 3.69. The van der Waals surface area contributed by atoms with Gasteiger partial charge in [-0.15, -0.1) is 0 Å². The monoisotopic (exact) mass is 391 g/mol. The molecule has 4 rings (SSSR count). The normalized spacial score (nSPS) is 16.0. The molecule has 0 saturated carbocycles. The van der Waals surface area contributed by atoms with Crippen LogP contribution in [0.4, 0.5) is 0 Å².